The molecule has 0 spiro atoms. The highest BCUT2D eigenvalue weighted by Gasteiger charge is 2.70. The molecule has 20 atom stereocenters. The lowest BCUT2D eigenvalue weighted by atomic mass is 9.33. The lowest BCUT2D eigenvalue weighted by Crippen LogP contribution is -2.67. The van der Waals surface area contributed by atoms with Gasteiger partial charge in [0.15, 0.2) is 18.7 Å². The number of carbonyl (C=O) groups is 2. The minimum atomic E-state index is -1.82. The van der Waals surface area contributed by atoms with Gasteiger partial charge in [-0.1, -0.05) is 60.1 Å². The molecule has 0 aromatic carbocycles. The molecule has 57 heavy (non-hydrogen) atoms. The number of aliphatic carboxylic acids is 1. The molecular weight excluding hydrogens is 740 g/mol. The Bertz CT molecular complexity index is 1570. The molecule has 0 aromatic heterocycles. The summed E-state index contributed by atoms with van der Waals surface area (Å²) in [6.45, 7) is 15.6. The summed E-state index contributed by atoms with van der Waals surface area (Å²) < 4.78 is 28.9. The van der Waals surface area contributed by atoms with Crippen molar-refractivity contribution in [1.82, 2.24) is 0 Å². The minimum absolute atomic E-state index is 0.0316. The number of carbonyl (C=O) groups excluding carboxylic acids is 1. The Balaban J connectivity index is 1.14. The van der Waals surface area contributed by atoms with Crippen molar-refractivity contribution >= 4 is 11.9 Å². The minimum Gasteiger partial charge on any atom is -0.481 e. The van der Waals surface area contributed by atoms with Crippen LogP contribution in [0.2, 0.25) is 0 Å². The number of methoxy groups -OCH3 is 1. The van der Waals surface area contributed by atoms with Gasteiger partial charge in [0.2, 0.25) is 0 Å². The quantitative estimate of drug-likeness (QED) is 0.112. The summed E-state index contributed by atoms with van der Waals surface area (Å²) in [6.07, 6.45) is -6.93. The van der Waals surface area contributed by atoms with Crippen molar-refractivity contribution in [2.75, 3.05) is 13.7 Å². The average molecular weight is 809 g/mol. The molecular formula is C43H68O14. The fourth-order valence-corrected chi connectivity index (χ4v) is 14.0. The number of carboxylic acid groups (broad SMARTS) is 1. The Morgan fingerprint density at radius 2 is 1.47 bits per heavy atom. The van der Waals surface area contributed by atoms with Crippen molar-refractivity contribution in [2.45, 2.75) is 174 Å². The summed E-state index contributed by atoms with van der Waals surface area (Å²) in [6, 6.07) is 0. The molecule has 7 N–H and O–H groups in total. The van der Waals surface area contributed by atoms with Crippen molar-refractivity contribution < 1.29 is 69.0 Å². The predicted octanol–water partition coefficient (Wildman–Crippen LogP) is 2.92. The van der Waals surface area contributed by atoms with Crippen LogP contribution < -0.4 is 0 Å². The molecule has 0 aromatic rings. The van der Waals surface area contributed by atoms with Crippen LogP contribution in [0.1, 0.15) is 106 Å². The Kier molecular flexibility index (Phi) is 11.4. The standard InChI is InChI=1S/C43H68O14/c1-20-11-16-43(38(51)52)18-17-41(6)22(27(43)21(20)2)9-10-25-40(5)14-13-26(39(3,4)24(40)12-15-42(25,41)7)55-37-32(49)33(31(48)34(57-37)35(50)53-8)56-36-30(47)29(46)28(45)23(19-44)54-36/h9,20-21,23-34,36-37,44-49H,10-19H2,1-8H3,(H,51,52)/t20-,21+,23-,24+,25-,26+,27+,28+,29+,30-,31+,32-,33+,34+,36+,37-,40+,41-,42-,43+/m1/s1. The lowest BCUT2D eigenvalue weighted by molar-refractivity contribution is -0.365. The highest BCUT2D eigenvalue weighted by atomic mass is 16.7. The molecule has 0 bridgehead atoms. The van der Waals surface area contributed by atoms with Crippen molar-refractivity contribution in [3.8, 4) is 0 Å². The molecule has 14 nitrogen and oxygen atoms in total. The van der Waals surface area contributed by atoms with Crippen LogP contribution in [0.3, 0.4) is 0 Å². The van der Waals surface area contributed by atoms with Gasteiger partial charge in [0.05, 0.1) is 25.2 Å². The molecule has 4 saturated carbocycles. The first kappa shape index (κ1) is 43.4. The monoisotopic (exact) mass is 808 g/mol. The van der Waals surface area contributed by atoms with Gasteiger partial charge in [0, 0.05) is 0 Å². The van der Waals surface area contributed by atoms with Crippen LogP contribution in [-0.4, -0.2) is 129 Å². The number of fused-ring (bicyclic) bond motifs is 7. The van der Waals surface area contributed by atoms with Gasteiger partial charge in [0.25, 0.3) is 0 Å². The van der Waals surface area contributed by atoms with Gasteiger partial charge in [0.1, 0.15) is 42.7 Å². The van der Waals surface area contributed by atoms with Crippen LogP contribution in [0.15, 0.2) is 11.6 Å². The smallest absolute Gasteiger partial charge is 0.337 e. The van der Waals surface area contributed by atoms with E-state index in [-0.39, 0.29) is 28.1 Å². The van der Waals surface area contributed by atoms with E-state index in [4.69, 9.17) is 23.7 Å². The molecule has 0 unspecified atom stereocenters. The van der Waals surface area contributed by atoms with Crippen LogP contribution in [-0.2, 0) is 33.3 Å². The van der Waals surface area contributed by atoms with Gasteiger partial charge in [-0.3, -0.25) is 4.79 Å². The SMILES string of the molecule is COC(=O)[C@H]1O[C@@H](O[C@H]2CC[C@]3(C)[C@H]4CC=C5[C@@H]6[C@@H](C)[C@H](C)CC[C@]6(C(=O)O)CC[C@@]5(C)[C@]4(C)CC[C@H]3C2(C)C)[C@H](O)[C@@H](O[C@@H]2O[C@H](CO)[C@H](O)[C@H](O)[C@H]2O)[C@@H]1O. The molecule has 0 radical (unpaired) electrons. The Morgan fingerprint density at radius 3 is 2.12 bits per heavy atom. The third kappa shape index (κ3) is 6.31. The normalized spacial score (nSPS) is 53.3. The summed E-state index contributed by atoms with van der Waals surface area (Å²) in [5, 5.41) is 74.7. The number of rotatable bonds is 7. The highest BCUT2D eigenvalue weighted by molar-refractivity contribution is 5.77. The third-order valence-electron chi connectivity index (χ3n) is 17.8. The molecule has 2 saturated heterocycles. The van der Waals surface area contributed by atoms with Crippen LogP contribution in [0.4, 0.5) is 0 Å². The summed E-state index contributed by atoms with van der Waals surface area (Å²) in [5.41, 5.74) is -0.00916. The molecule has 5 aliphatic carbocycles. The molecule has 0 amide bonds. The van der Waals surface area contributed by atoms with Gasteiger partial charge < -0.3 is 59.4 Å². The van der Waals surface area contributed by atoms with Crippen LogP contribution in [0.25, 0.3) is 0 Å². The van der Waals surface area contributed by atoms with Crippen molar-refractivity contribution in [2.24, 2.45) is 56.7 Å². The van der Waals surface area contributed by atoms with Gasteiger partial charge >= 0.3 is 11.9 Å². The molecule has 324 valence electrons. The second-order valence-corrected chi connectivity index (χ2v) is 20.3. The molecule has 7 aliphatic rings. The predicted molar refractivity (Wildman–Crippen MR) is 203 cm³/mol. The number of aliphatic hydroxyl groups excluding tert-OH is 6. The van der Waals surface area contributed by atoms with Gasteiger partial charge in [-0.15, -0.1) is 0 Å². The van der Waals surface area contributed by atoms with E-state index in [9.17, 15) is 45.3 Å². The Hall–Kier alpha value is -1.72. The Morgan fingerprint density at radius 1 is 0.789 bits per heavy atom. The summed E-state index contributed by atoms with van der Waals surface area (Å²) >= 11 is 0. The number of aliphatic hydroxyl groups is 6. The maximum absolute atomic E-state index is 13.1. The van der Waals surface area contributed by atoms with E-state index < -0.39 is 96.9 Å². The summed E-state index contributed by atoms with van der Waals surface area (Å²) in [7, 11) is 1.13. The maximum atomic E-state index is 13.1. The number of allylic oxidation sites excluding steroid dienone is 2. The highest BCUT2D eigenvalue weighted by Crippen LogP contribution is 2.76. The van der Waals surface area contributed by atoms with Crippen LogP contribution >= 0.6 is 0 Å². The molecule has 7 rings (SSSR count). The Labute approximate surface area is 336 Å². The topological polar surface area (TPSA) is 222 Å². The van der Waals surface area contributed by atoms with E-state index in [1.165, 1.54) is 5.57 Å². The van der Waals surface area contributed by atoms with Gasteiger partial charge in [-0.25, -0.2) is 4.79 Å². The van der Waals surface area contributed by atoms with Gasteiger partial charge in [-0.05, 0) is 109 Å². The van der Waals surface area contributed by atoms with Crippen molar-refractivity contribution in [1.29, 1.82) is 0 Å². The van der Waals surface area contributed by atoms with Crippen molar-refractivity contribution in [3.05, 3.63) is 11.6 Å². The fraction of sp³-hybridized carbons (Fsp3) is 0.907. The second kappa shape index (κ2) is 15.0. The lowest BCUT2D eigenvalue weighted by Gasteiger charge is -2.71. The molecule has 2 aliphatic heterocycles. The molecule has 6 fully saturated rings. The number of hydrogen-bond donors (Lipinski definition) is 7. The van der Waals surface area contributed by atoms with Crippen molar-refractivity contribution in [3.63, 3.8) is 0 Å². The van der Waals surface area contributed by atoms with E-state index in [0.29, 0.717) is 30.6 Å². The van der Waals surface area contributed by atoms with Crippen LogP contribution in [0, 0.1) is 56.7 Å². The number of esters is 1. The zero-order valence-electron chi connectivity index (χ0n) is 34.9. The largest absolute Gasteiger partial charge is 0.481 e. The molecule has 14 heteroatoms. The zero-order valence-corrected chi connectivity index (χ0v) is 34.9. The van der Waals surface area contributed by atoms with E-state index >= 15 is 0 Å². The van der Waals surface area contributed by atoms with Crippen LogP contribution in [0.5, 0.6) is 0 Å². The average Bonchev–Trinajstić information content (AvgIpc) is 3.16. The number of carboxylic acids is 1. The number of hydrogen-bond acceptors (Lipinski definition) is 13. The fourth-order valence-electron chi connectivity index (χ4n) is 14.0. The first-order chi connectivity index (χ1) is 26.6. The van der Waals surface area contributed by atoms with E-state index in [0.717, 1.165) is 52.1 Å². The molecule has 2 heterocycles. The summed E-state index contributed by atoms with van der Waals surface area (Å²) in [4.78, 5) is 26.0. The van der Waals surface area contributed by atoms with Gasteiger partial charge in [-0.2, -0.15) is 0 Å². The second-order valence-electron chi connectivity index (χ2n) is 20.3. The maximum Gasteiger partial charge on any atom is 0.337 e. The van der Waals surface area contributed by atoms with E-state index in [1.807, 2.05) is 0 Å². The van der Waals surface area contributed by atoms with E-state index in [2.05, 4.69) is 54.5 Å². The first-order valence-corrected chi connectivity index (χ1v) is 21.3. The zero-order chi connectivity index (χ0) is 41.8. The third-order valence-corrected chi connectivity index (χ3v) is 17.8. The first-order valence-electron chi connectivity index (χ1n) is 21.3. The number of ether oxygens (including phenoxy) is 5. The van der Waals surface area contributed by atoms with E-state index in [1.54, 1.807) is 0 Å². The summed E-state index contributed by atoms with van der Waals surface area (Å²) in [5.74, 6) is -0.233.